The van der Waals surface area contributed by atoms with Crippen molar-refractivity contribution in [2.75, 3.05) is 12.4 Å². The molecule has 0 aliphatic heterocycles. The summed E-state index contributed by atoms with van der Waals surface area (Å²) >= 11 is 7.20. The molecule has 3 rings (SSSR count). The highest BCUT2D eigenvalue weighted by Gasteiger charge is 2.14. The molecule has 0 saturated carbocycles. The Labute approximate surface area is 206 Å². The summed E-state index contributed by atoms with van der Waals surface area (Å²) in [4.78, 5) is 25.6. The predicted molar refractivity (Wildman–Crippen MR) is 130 cm³/mol. The first-order chi connectivity index (χ1) is 16.5. The van der Waals surface area contributed by atoms with Crippen molar-refractivity contribution in [3.63, 3.8) is 0 Å². The SMILES string of the molecule is CCOc1cc(/C=C(\C#N)C(=O)NCc2ccco2)ccc1OC(=O)CSc1ccc(Cl)cc1. The Morgan fingerprint density at radius 1 is 1.18 bits per heavy atom. The Morgan fingerprint density at radius 2 is 1.97 bits per heavy atom. The number of carbonyl (C=O) groups is 2. The van der Waals surface area contributed by atoms with Gasteiger partial charge in [0.25, 0.3) is 5.91 Å². The van der Waals surface area contributed by atoms with E-state index in [0.29, 0.717) is 28.7 Å². The molecule has 1 aromatic heterocycles. The van der Waals surface area contributed by atoms with Gasteiger partial charge in [0.1, 0.15) is 17.4 Å². The molecule has 34 heavy (non-hydrogen) atoms. The summed E-state index contributed by atoms with van der Waals surface area (Å²) in [5.41, 5.74) is 0.460. The summed E-state index contributed by atoms with van der Waals surface area (Å²) in [5, 5.41) is 12.7. The van der Waals surface area contributed by atoms with Crippen LogP contribution in [0.4, 0.5) is 0 Å². The summed E-state index contributed by atoms with van der Waals surface area (Å²) in [7, 11) is 0. The summed E-state index contributed by atoms with van der Waals surface area (Å²) in [6.45, 7) is 2.30. The van der Waals surface area contributed by atoms with Gasteiger partial charge in [0.15, 0.2) is 11.5 Å². The van der Waals surface area contributed by atoms with Crippen LogP contribution in [0.2, 0.25) is 5.02 Å². The van der Waals surface area contributed by atoms with Crippen LogP contribution in [0.1, 0.15) is 18.2 Å². The summed E-state index contributed by atoms with van der Waals surface area (Å²) < 4.78 is 16.2. The third-order valence-corrected chi connectivity index (χ3v) is 5.58. The number of furan rings is 1. The second kappa shape index (κ2) is 12.5. The fourth-order valence-corrected chi connectivity index (χ4v) is 3.58. The molecular formula is C25H21ClN2O5S. The number of rotatable bonds is 10. The smallest absolute Gasteiger partial charge is 0.321 e. The number of benzene rings is 2. The number of nitrogens with zero attached hydrogens (tertiary/aromatic N) is 1. The monoisotopic (exact) mass is 496 g/mol. The van der Waals surface area contributed by atoms with Crippen molar-refractivity contribution in [3.8, 4) is 17.6 Å². The van der Waals surface area contributed by atoms with Crippen molar-refractivity contribution in [1.29, 1.82) is 5.26 Å². The van der Waals surface area contributed by atoms with Crippen molar-refractivity contribution in [3.05, 3.63) is 82.8 Å². The Hall–Kier alpha value is -3.67. The second-order valence-corrected chi connectivity index (χ2v) is 8.27. The Balaban J connectivity index is 1.66. The molecular weight excluding hydrogens is 476 g/mol. The van der Waals surface area contributed by atoms with Crippen LogP contribution in [-0.2, 0) is 16.1 Å². The van der Waals surface area contributed by atoms with Gasteiger partial charge in [0.2, 0.25) is 0 Å². The fourth-order valence-electron chi connectivity index (χ4n) is 2.78. The lowest BCUT2D eigenvalue weighted by atomic mass is 10.1. The molecule has 9 heteroatoms. The molecule has 1 N–H and O–H groups in total. The van der Waals surface area contributed by atoms with E-state index < -0.39 is 11.9 Å². The largest absolute Gasteiger partial charge is 0.490 e. The second-order valence-electron chi connectivity index (χ2n) is 6.79. The standard InChI is InChI=1S/C25H21ClN2O5S/c1-2-31-23-13-17(12-18(14-27)25(30)28-15-20-4-3-11-32-20)5-10-22(23)33-24(29)16-34-21-8-6-19(26)7-9-21/h3-13H,2,15-16H2,1H3,(H,28,30)/b18-12+. The number of nitriles is 1. The molecule has 3 aromatic rings. The van der Waals surface area contributed by atoms with Crippen LogP contribution in [0.3, 0.4) is 0 Å². The maximum absolute atomic E-state index is 12.4. The molecule has 0 unspecified atom stereocenters. The summed E-state index contributed by atoms with van der Waals surface area (Å²) in [6, 6.07) is 17.3. The zero-order valence-electron chi connectivity index (χ0n) is 18.2. The van der Waals surface area contributed by atoms with E-state index in [9.17, 15) is 14.9 Å². The van der Waals surface area contributed by atoms with Gasteiger partial charge in [-0.15, -0.1) is 11.8 Å². The molecule has 0 fully saturated rings. The van der Waals surface area contributed by atoms with Crippen LogP contribution >= 0.6 is 23.4 Å². The van der Waals surface area contributed by atoms with Crippen LogP contribution in [0.15, 0.2) is 75.7 Å². The van der Waals surface area contributed by atoms with E-state index in [4.69, 9.17) is 25.5 Å². The minimum Gasteiger partial charge on any atom is -0.490 e. The molecule has 0 atom stereocenters. The highest BCUT2D eigenvalue weighted by molar-refractivity contribution is 8.00. The number of hydrogen-bond acceptors (Lipinski definition) is 7. The van der Waals surface area contributed by atoms with E-state index in [1.165, 1.54) is 24.1 Å². The number of thioether (sulfide) groups is 1. The first-order valence-corrected chi connectivity index (χ1v) is 11.6. The van der Waals surface area contributed by atoms with E-state index in [-0.39, 0.29) is 23.6 Å². The topological polar surface area (TPSA) is 102 Å². The molecule has 0 aliphatic rings. The number of hydrogen-bond donors (Lipinski definition) is 1. The lowest BCUT2D eigenvalue weighted by molar-refractivity contribution is -0.131. The molecule has 0 saturated heterocycles. The van der Waals surface area contributed by atoms with Gasteiger partial charge in [-0.25, -0.2) is 0 Å². The normalized spacial score (nSPS) is 10.9. The van der Waals surface area contributed by atoms with E-state index in [2.05, 4.69) is 5.32 Å². The number of ether oxygens (including phenoxy) is 2. The lowest BCUT2D eigenvalue weighted by Crippen LogP contribution is -2.23. The zero-order chi connectivity index (χ0) is 24.3. The van der Waals surface area contributed by atoms with Gasteiger partial charge < -0.3 is 19.2 Å². The average molecular weight is 497 g/mol. The quantitative estimate of drug-likeness (QED) is 0.134. The van der Waals surface area contributed by atoms with Gasteiger partial charge in [0.05, 0.1) is 25.2 Å². The molecule has 174 valence electrons. The lowest BCUT2D eigenvalue weighted by Gasteiger charge is -2.11. The van der Waals surface area contributed by atoms with Crippen LogP contribution < -0.4 is 14.8 Å². The number of carbonyl (C=O) groups excluding carboxylic acids is 2. The van der Waals surface area contributed by atoms with Crippen molar-refractivity contribution < 1.29 is 23.5 Å². The first-order valence-electron chi connectivity index (χ1n) is 10.3. The van der Waals surface area contributed by atoms with Crippen molar-refractivity contribution in [2.24, 2.45) is 0 Å². The van der Waals surface area contributed by atoms with E-state index in [0.717, 1.165) is 4.90 Å². The van der Waals surface area contributed by atoms with E-state index in [1.54, 1.807) is 49.4 Å². The molecule has 0 radical (unpaired) electrons. The van der Waals surface area contributed by atoms with E-state index >= 15 is 0 Å². The maximum atomic E-state index is 12.4. The third kappa shape index (κ3) is 7.44. The molecule has 0 bridgehead atoms. The van der Waals surface area contributed by atoms with Crippen LogP contribution in [0, 0.1) is 11.3 Å². The minimum absolute atomic E-state index is 0.0851. The van der Waals surface area contributed by atoms with Gasteiger partial charge in [-0.05, 0) is 67.1 Å². The van der Waals surface area contributed by atoms with Crippen LogP contribution in [0.5, 0.6) is 11.5 Å². The van der Waals surface area contributed by atoms with Crippen LogP contribution in [0.25, 0.3) is 6.08 Å². The highest BCUT2D eigenvalue weighted by atomic mass is 35.5. The van der Waals surface area contributed by atoms with Gasteiger partial charge in [-0.2, -0.15) is 5.26 Å². The van der Waals surface area contributed by atoms with Gasteiger partial charge >= 0.3 is 5.97 Å². The van der Waals surface area contributed by atoms with Gasteiger partial charge in [-0.3, -0.25) is 9.59 Å². The zero-order valence-corrected chi connectivity index (χ0v) is 19.8. The highest BCUT2D eigenvalue weighted by Crippen LogP contribution is 2.30. The number of halogens is 1. The Kier molecular flexibility index (Phi) is 9.21. The molecule has 2 aromatic carbocycles. The molecule has 1 amide bonds. The van der Waals surface area contributed by atoms with Crippen molar-refractivity contribution in [1.82, 2.24) is 5.32 Å². The van der Waals surface area contributed by atoms with Gasteiger partial charge in [-0.1, -0.05) is 17.7 Å². The van der Waals surface area contributed by atoms with E-state index in [1.807, 2.05) is 18.2 Å². The number of esters is 1. The Morgan fingerprint density at radius 3 is 2.65 bits per heavy atom. The third-order valence-electron chi connectivity index (χ3n) is 4.34. The molecule has 1 heterocycles. The first kappa shape index (κ1) is 25.0. The van der Waals surface area contributed by atoms with Gasteiger partial charge in [0, 0.05) is 9.92 Å². The van der Waals surface area contributed by atoms with Crippen molar-refractivity contribution >= 4 is 41.3 Å². The Bertz CT molecular complexity index is 1200. The predicted octanol–water partition coefficient (Wildman–Crippen LogP) is 5.25. The summed E-state index contributed by atoms with van der Waals surface area (Å²) in [6.07, 6.45) is 2.94. The fraction of sp³-hybridized carbons (Fsp3) is 0.160. The average Bonchev–Trinajstić information content (AvgIpc) is 3.36. The molecule has 0 spiro atoms. The van der Waals surface area contributed by atoms with Crippen molar-refractivity contribution in [2.45, 2.75) is 18.4 Å². The summed E-state index contributed by atoms with van der Waals surface area (Å²) in [5.74, 6) is 0.273. The number of amides is 1. The molecule has 0 aliphatic carbocycles. The maximum Gasteiger partial charge on any atom is 0.321 e. The molecule has 7 nitrogen and oxygen atoms in total. The minimum atomic E-state index is -0.536. The van der Waals surface area contributed by atoms with Crippen LogP contribution in [-0.4, -0.2) is 24.2 Å². The number of nitrogens with one attached hydrogen (secondary N) is 1.